The van der Waals surface area contributed by atoms with Crippen LogP contribution in [0.25, 0.3) is 0 Å². The molecule has 1 aliphatic heterocycles. The summed E-state index contributed by atoms with van der Waals surface area (Å²) in [4.78, 5) is 14.5. The number of ether oxygens (including phenoxy) is 1. The van der Waals surface area contributed by atoms with Gasteiger partial charge in [0.2, 0.25) is 15.9 Å². The van der Waals surface area contributed by atoms with E-state index in [9.17, 15) is 13.2 Å². The van der Waals surface area contributed by atoms with Gasteiger partial charge in [-0.15, -0.1) is 0 Å². The number of anilines is 1. The summed E-state index contributed by atoms with van der Waals surface area (Å²) in [6.07, 6.45) is 1.14. The molecule has 0 unspecified atom stereocenters. The molecule has 0 bridgehead atoms. The van der Waals surface area contributed by atoms with Gasteiger partial charge in [0.15, 0.2) is 0 Å². The summed E-state index contributed by atoms with van der Waals surface area (Å²) in [7, 11) is -3.46. The zero-order valence-electron chi connectivity index (χ0n) is 15.1. The highest BCUT2D eigenvalue weighted by molar-refractivity contribution is 7.88. The van der Waals surface area contributed by atoms with Crippen molar-refractivity contribution in [3.63, 3.8) is 0 Å². The zero-order chi connectivity index (χ0) is 18.4. The predicted octanol–water partition coefficient (Wildman–Crippen LogP) is 0.836. The average molecular weight is 369 g/mol. The molecule has 0 spiro atoms. The van der Waals surface area contributed by atoms with Crippen LogP contribution in [0.1, 0.15) is 11.1 Å². The SMILES string of the molecule is Cc1cccc(NC(=O)CN(CCN2CCOCC2)S(C)(=O)=O)c1C. The van der Waals surface area contributed by atoms with Crippen molar-refractivity contribution < 1.29 is 17.9 Å². The molecular formula is C17H27N3O4S. The first-order valence-corrected chi connectivity index (χ1v) is 10.2. The van der Waals surface area contributed by atoms with E-state index >= 15 is 0 Å². The summed E-state index contributed by atoms with van der Waals surface area (Å²) >= 11 is 0. The van der Waals surface area contributed by atoms with Gasteiger partial charge in [-0.2, -0.15) is 4.31 Å². The van der Waals surface area contributed by atoms with Crippen molar-refractivity contribution in [3.8, 4) is 0 Å². The number of hydrogen-bond donors (Lipinski definition) is 1. The van der Waals surface area contributed by atoms with Crippen LogP contribution in [0.5, 0.6) is 0 Å². The van der Waals surface area contributed by atoms with Gasteiger partial charge in [0.25, 0.3) is 0 Å². The lowest BCUT2D eigenvalue weighted by Crippen LogP contribution is -2.45. The number of carbonyl (C=O) groups is 1. The number of benzene rings is 1. The second-order valence-corrected chi connectivity index (χ2v) is 8.33. The van der Waals surface area contributed by atoms with E-state index in [4.69, 9.17) is 4.74 Å². The largest absolute Gasteiger partial charge is 0.379 e. The maximum absolute atomic E-state index is 12.3. The lowest BCUT2D eigenvalue weighted by atomic mass is 10.1. The molecule has 1 saturated heterocycles. The van der Waals surface area contributed by atoms with Crippen LogP contribution in [0, 0.1) is 13.8 Å². The zero-order valence-corrected chi connectivity index (χ0v) is 15.9. The Labute approximate surface area is 150 Å². The van der Waals surface area contributed by atoms with Crippen molar-refractivity contribution in [3.05, 3.63) is 29.3 Å². The van der Waals surface area contributed by atoms with Crippen LogP contribution in [0.15, 0.2) is 18.2 Å². The highest BCUT2D eigenvalue weighted by Gasteiger charge is 2.22. The standard InChI is InChI=1S/C17H27N3O4S/c1-14-5-4-6-16(15(14)2)18-17(21)13-20(25(3,22)23)8-7-19-9-11-24-12-10-19/h4-6H,7-13H2,1-3H3,(H,18,21). The minimum absolute atomic E-state index is 0.184. The van der Waals surface area contributed by atoms with E-state index in [1.54, 1.807) is 0 Å². The molecule has 0 aromatic heterocycles. The van der Waals surface area contributed by atoms with Crippen LogP contribution in [-0.2, 0) is 19.6 Å². The van der Waals surface area contributed by atoms with Crippen molar-refractivity contribution in [2.45, 2.75) is 13.8 Å². The summed E-state index contributed by atoms with van der Waals surface area (Å²) in [5, 5.41) is 2.81. The maximum Gasteiger partial charge on any atom is 0.239 e. The summed E-state index contributed by atoms with van der Waals surface area (Å²) in [5.74, 6) is -0.332. The molecule has 0 aliphatic carbocycles. The molecule has 1 heterocycles. The number of sulfonamides is 1. The molecule has 2 rings (SSSR count). The number of amides is 1. The number of hydrogen-bond acceptors (Lipinski definition) is 5. The number of aryl methyl sites for hydroxylation is 1. The maximum atomic E-state index is 12.3. The Balaban J connectivity index is 1.96. The van der Waals surface area contributed by atoms with Crippen LogP contribution in [0.4, 0.5) is 5.69 Å². The van der Waals surface area contributed by atoms with E-state index in [0.717, 1.165) is 30.5 Å². The van der Waals surface area contributed by atoms with Crippen LogP contribution < -0.4 is 5.32 Å². The normalized spacial score (nSPS) is 16.2. The van der Waals surface area contributed by atoms with Gasteiger partial charge >= 0.3 is 0 Å². The Bertz CT molecular complexity index is 700. The Morgan fingerprint density at radius 2 is 1.96 bits per heavy atom. The number of nitrogens with zero attached hydrogens (tertiary/aromatic N) is 2. The monoisotopic (exact) mass is 369 g/mol. The molecule has 0 atom stereocenters. The van der Waals surface area contributed by atoms with Crippen molar-refractivity contribution >= 4 is 21.6 Å². The van der Waals surface area contributed by atoms with E-state index in [-0.39, 0.29) is 12.5 Å². The first-order chi connectivity index (χ1) is 11.8. The van der Waals surface area contributed by atoms with Gasteiger partial charge in [0.1, 0.15) is 0 Å². The first kappa shape index (κ1) is 19.8. The van der Waals surface area contributed by atoms with Crippen molar-refractivity contribution in [2.24, 2.45) is 0 Å². The molecule has 1 aromatic carbocycles. The number of morpholine rings is 1. The quantitative estimate of drug-likeness (QED) is 0.770. The molecule has 25 heavy (non-hydrogen) atoms. The fourth-order valence-corrected chi connectivity index (χ4v) is 3.44. The van der Waals surface area contributed by atoms with Gasteiger partial charge in [-0.1, -0.05) is 12.1 Å². The summed E-state index contributed by atoms with van der Waals surface area (Å²) in [6.45, 7) is 7.48. The van der Waals surface area contributed by atoms with Gasteiger partial charge < -0.3 is 10.1 Å². The topological polar surface area (TPSA) is 79.0 Å². The molecule has 140 valence electrons. The van der Waals surface area contributed by atoms with E-state index in [2.05, 4.69) is 10.2 Å². The van der Waals surface area contributed by atoms with Crippen LogP contribution in [-0.4, -0.2) is 75.7 Å². The van der Waals surface area contributed by atoms with Gasteiger partial charge in [0.05, 0.1) is 26.0 Å². The lowest BCUT2D eigenvalue weighted by Gasteiger charge is -2.29. The molecule has 7 nitrogen and oxygen atoms in total. The van der Waals surface area contributed by atoms with Crippen molar-refractivity contribution in [2.75, 3.05) is 57.5 Å². The second-order valence-electron chi connectivity index (χ2n) is 6.35. The Hall–Kier alpha value is -1.48. The minimum Gasteiger partial charge on any atom is -0.379 e. The van der Waals surface area contributed by atoms with E-state index in [1.165, 1.54) is 4.31 Å². The first-order valence-electron chi connectivity index (χ1n) is 8.38. The molecular weight excluding hydrogens is 342 g/mol. The average Bonchev–Trinajstić information content (AvgIpc) is 2.55. The number of rotatable bonds is 7. The van der Waals surface area contributed by atoms with Crippen LogP contribution >= 0.6 is 0 Å². The molecule has 1 N–H and O–H groups in total. The number of carbonyl (C=O) groups excluding carboxylic acids is 1. The van der Waals surface area contributed by atoms with Crippen LogP contribution in [0.2, 0.25) is 0 Å². The smallest absolute Gasteiger partial charge is 0.239 e. The fraction of sp³-hybridized carbons (Fsp3) is 0.588. The van der Waals surface area contributed by atoms with Gasteiger partial charge in [-0.3, -0.25) is 9.69 Å². The third-order valence-corrected chi connectivity index (χ3v) is 5.69. The molecule has 8 heteroatoms. The number of nitrogens with one attached hydrogen (secondary N) is 1. The van der Waals surface area contributed by atoms with Gasteiger partial charge in [0, 0.05) is 31.9 Å². The molecule has 1 fully saturated rings. The lowest BCUT2D eigenvalue weighted by molar-refractivity contribution is -0.116. The molecule has 1 aliphatic rings. The summed E-state index contributed by atoms with van der Waals surface area (Å²) < 4.78 is 30.5. The Morgan fingerprint density at radius 3 is 2.60 bits per heavy atom. The van der Waals surface area contributed by atoms with Gasteiger partial charge in [-0.25, -0.2) is 8.42 Å². The van der Waals surface area contributed by atoms with Gasteiger partial charge in [-0.05, 0) is 31.0 Å². The highest BCUT2D eigenvalue weighted by atomic mass is 32.2. The van der Waals surface area contributed by atoms with Crippen molar-refractivity contribution in [1.82, 2.24) is 9.21 Å². The highest BCUT2D eigenvalue weighted by Crippen LogP contribution is 2.18. The fourth-order valence-electron chi connectivity index (χ4n) is 2.68. The molecule has 0 radical (unpaired) electrons. The summed E-state index contributed by atoms with van der Waals surface area (Å²) in [6, 6.07) is 5.65. The molecule has 1 amide bonds. The summed E-state index contributed by atoms with van der Waals surface area (Å²) in [5.41, 5.74) is 2.77. The third-order valence-electron chi connectivity index (χ3n) is 4.44. The minimum atomic E-state index is -3.46. The second kappa shape index (κ2) is 8.75. The van der Waals surface area contributed by atoms with E-state index in [0.29, 0.717) is 32.0 Å². The van der Waals surface area contributed by atoms with E-state index in [1.807, 2.05) is 32.0 Å². The van der Waals surface area contributed by atoms with Crippen molar-refractivity contribution in [1.29, 1.82) is 0 Å². The third kappa shape index (κ3) is 6.07. The predicted molar refractivity (Wildman–Crippen MR) is 98.2 cm³/mol. The molecule has 0 saturated carbocycles. The Kier molecular flexibility index (Phi) is 6.95. The molecule has 1 aromatic rings. The van der Waals surface area contributed by atoms with E-state index < -0.39 is 10.0 Å². The Morgan fingerprint density at radius 1 is 1.28 bits per heavy atom. The van der Waals surface area contributed by atoms with Crippen LogP contribution in [0.3, 0.4) is 0 Å².